The molecule has 1 aromatic heterocycles. The Morgan fingerprint density at radius 3 is 2.16 bits per heavy atom. The molecule has 0 unspecified atom stereocenters. The van der Waals surface area contributed by atoms with Gasteiger partial charge in [-0.3, -0.25) is 9.69 Å². The molecular weight excluding hydrogens is 516 g/mol. The normalized spacial score (nSPS) is 19.6. The first-order valence-electron chi connectivity index (χ1n) is 13.2. The summed E-state index contributed by atoms with van der Waals surface area (Å²) in [6, 6.07) is 1.63. The molecule has 1 amide bonds. The van der Waals surface area contributed by atoms with E-state index in [1.54, 1.807) is 19.9 Å². The van der Waals surface area contributed by atoms with Crippen molar-refractivity contribution in [2.45, 2.75) is 95.5 Å². The lowest BCUT2D eigenvalue weighted by molar-refractivity contribution is -0.123. The van der Waals surface area contributed by atoms with E-state index in [0.717, 1.165) is 0 Å². The van der Waals surface area contributed by atoms with Crippen molar-refractivity contribution in [1.82, 2.24) is 5.16 Å². The van der Waals surface area contributed by atoms with E-state index in [1.807, 2.05) is 34.6 Å². The van der Waals surface area contributed by atoms with Crippen molar-refractivity contribution in [3.8, 4) is 0 Å². The lowest BCUT2D eigenvalue weighted by atomic mass is 9.82. The van der Waals surface area contributed by atoms with Crippen LogP contribution in [0, 0.1) is 11.8 Å². The molecule has 11 heteroatoms. The fraction of sp³-hybridized carbons (Fsp3) is 0.846. The first-order valence-corrected chi connectivity index (χ1v) is 16.5. The highest BCUT2D eigenvalue weighted by Crippen LogP contribution is 2.44. The Kier molecular flexibility index (Phi) is 8.62. The molecular formula is C26H44N2O7S2. The molecule has 212 valence electrons. The van der Waals surface area contributed by atoms with Crippen LogP contribution in [0.1, 0.15) is 86.3 Å². The minimum atomic E-state index is -3.83. The van der Waals surface area contributed by atoms with Crippen LogP contribution in [0.4, 0.5) is 5.88 Å². The fourth-order valence-electron chi connectivity index (χ4n) is 4.92. The SMILES string of the molecule is CC(C)CS(=O)(=O)C(C)(C)CN(C(=O)C1(S(=O)(=O)CC2CCOCC2)CCC1)c1cc(C(C)(C)C)no1. The molecule has 0 spiro atoms. The van der Waals surface area contributed by atoms with Gasteiger partial charge in [-0.1, -0.05) is 39.8 Å². The topological polar surface area (TPSA) is 124 Å². The molecule has 1 aliphatic heterocycles. The van der Waals surface area contributed by atoms with Crippen molar-refractivity contribution < 1.29 is 30.9 Å². The third-order valence-corrected chi connectivity index (χ3v) is 13.3. The van der Waals surface area contributed by atoms with Crippen molar-refractivity contribution in [2.24, 2.45) is 11.8 Å². The summed E-state index contributed by atoms with van der Waals surface area (Å²) in [4.78, 5) is 15.5. The molecule has 9 nitrogen and oxygen atoms in total. The molecule has 1 saturated heterocycles. The van der Waals surface area contributed by atoms with Crippen LogP contribution < -0.4 is 4.90 Å². The summed E-state index contributed by atoms with van der Waals surface area (Å²) >= 11 is 0. The maximum atomic E-state index is 14.3. The standard InChI is InChI=1S/C26H44N2O7S2/c1-19(2)16-36(30,31)25(6,7)18-28(22-15-21(27-35-22)24(3,4)5)23(29)26(11-8-12-26)37(32,33)17-20-9-13-34-14-10-20/h15,19-20H,8-14,16-18H2,1-7H3. The number of sulfone groups is 2. The summed E-state index contributed by atoms with van der Waals surface area (Å²) in [7, 11) is -7.46. The molecule has 2 fully saturated rings. The molecule has 2 aliphatic rings. The number of carbonyl (C=O) groups excluding carboxylic acids is 1. The van der Waals surface area contributed by atoms with Crippen molar-refractivity contribution in [3.63, 3.8) is 0 Å². The summed E-state index contributed by atoms with van der Waals surface area (Å²) < 4.78 is 62.2. The van der Waals surface area contributed by atoms with Gasteiger partial charge >= 0.3 is 0 Å². The lowest BCUT2D eigenvalue weighted by Crippen LogP contribution is -2.61. The van der Waals surface area contributed by atoms with Gasteiger partial charge in [0.15, 0.2) is 24.4 Å². The second-order valence-electron chi connectivity index (χ2n) is 12.8. The number of aromatic nitrogens is 1. The molecule has 0 bridgehead atoms. The van der Waals surface area contributed by atoms with Crippen LogP contribution in [-0.4, -0.2) is 68.7 Å². The molecule has 0 aromatic carbocycles. The van der Waals surface area contributed by atoms with Gasteiger partial charge in [-0.05, 0) is 57.8 Å². The van der Waals surface area contributed by atoms with Crippen molar-refractivity contribution in [2.75, 3.05) is 36.2 Å². The van der Waals surface area contributed by atoms with Gasteiger partial charge < -0.3 is 9.26 Å². The monoisotopic (exact) mass is 560 g/mol. The first kappa shape index (κ1) is 30.1. The number of hydrogen-bond acceptors (Lipinski definition) is 8. The Morgan fingerprint density at radius 1 is 1.11 bits per heavy atom. The molecule has 1 aliphatic carbocycles. The van der Waals surface area contributed by atoms with Gasteiger partial charge in [0.25, 0.3) is 5.91 Å². The van der Waals surface area contributed by atoms with E-state index in [0.29, 0.717) is 38.2 Å². The van der Waals surface area contributed by atoms with Gasteiger partial charge in [0.1, 0.15) is 0 Å². The highest BCUT2D eigenvalue weighted by Gasteiger charge is 2.58. The smallest absolute Gasteiger partial charge is 0.250 e. The minimum absolute atomic E-state index is 0.0428. The number of rotatable bonds is 10. The molecule has 1 aromatic rings. The number of carbonyl (C=O) groups is 1. The van der Waals surface area contributed by atoms with E-state index in [2.05, 4.69) is 5.16 Å². The zero-order chi connectivity index (χ0) is 27.9. The maximum absolute atomic E-state index is 14.3. The van der Waals surface area contributed by atoms with Crippen molar-refractivity contribution in [3.05, 3.63) is 11.8 Å². The van der Waals surface area contributed by atoms with E-state index in [4.69, 9.17) is 9.26 Å². The number of hydrogen-bond donors (Lipinski definition) is 0. The summed E-state index contributed by atoms with van der Waals surface area (Å²) in [5.41, 5.74) is 0.217. The third kappa shape index (κ3) is 6.24. The van der Waals surface area contributed by atoms with E-state index in [-0.39, 0.29) is 54.0 Å². The van der Waals surface area contributed by atoms with Crippen LogP contribution in [-0.2, 0) is 34.6 Å². The zero-order valence-corrected chi connectivity index (χ0v) is 25.0. The Labute approximate surface area is 222 Å². The van der Waals surface area contributed by atoms with Crippen LogP contribution in [0.5, 0.6) is 0 Å². The Balaban J connectivity index is 2.02. The summed E-state index contributed by atoms with van der Waals surface area (Å²) in [5, 5.41) is 4.13. The third-order valence-electron chi connectivity index (χ3n) is 7.65. The molecule has 0 N–H and O–H groups in total. The van der Waals surface area contributed by atoms with Crippen molar-refractivity contribution in [1.29, 1.82) is 0 Å². The van der Waals surface area contributed by atoms with Gasteiger partial charge in [0.05, 0.1) is 21.9 Å². The largest absolute Gasteiger partial charge is 0.381 e. The summed E-state index contributed by atoms with van der Waals surface area (Å²) in [5.74, 6) is -0.805. The Bertz CT molecular complexity index is 1170. The second kappa shape index (κ2) is 10.6. The van der Waals surface area contributed by atoms with Gasteiger partial charge in [0.2, 0.25) is 5.88 Å². The van der Waals surface area contributed by atoms with E-state index >= 15 is 0 Å². The molecule has 3 rings (SSSR count). The molecule has 1 saturated carbocycles. The van der Waals surface area contributed by atoms with E-state index in [1.165, 1.54) is 4.90 Å². The average molecular weight is 561 g/mol. The van der Waals surface area contributed by atoms with Crippen molar-refractivity contribution >= 4 is 31.5 Å². The van der Waals surface area contributed by atoms with Crippen LogP contribution in [0.25, 0.3) is 0 Å². The predicted molar refractivity (Wildman–Crippen MR) is 144 cm³/mol. The summed E-state index contributed by atoms with van der Waals surface area (Å²) in [6.45, 7) is 13.5. The molecule has 2 heterocycles. The van der Waals surface area contributed by atoms with E-state index in [9.17, 15) is 21.6 Å². The number of amides is 1. The van der Waals surface area contributed by atoms with Crippen LogP contribution in [0.15, 0.2) is 10.6 Å². The number of nitrogens with zero attached hydrogens (tertiary/aromatic N) is 2. The number of anilines is 1. The second-order valence-corrected chi connectivity index (χ2v) is 17.8. The van der Waals surface area contributed by atoms with Gasteiger partial charge in [-0.15, -0.1) is 0 Å². The Morgan fingerprint density at radius 2 is 1.70 bits per heavy atom. The van der Waals surface area contributed by atoms with Gasteiger partial charge in [0, 0.05) is 31.2 Å². The minimum Gasteiger partial charge on any atom is -0.381 e. The first-order chi connectivity index (χ1) is 16.9. The highest BCUT2D eigenvalue weighted by molar-refractivity contribution is 7.93. The predicted octanol–water partition coefficient (Wildman–Crippen LogP) is 3.92. The molecule has 0 radical (unpaired) electrons. The quantitative estimate of drug-likeness (QED) is 0.422. The molecule has 37 heavy (non-hydrogen) atoms. The fourth-order valence-corrected chi connectivity index (χ4v) is 9.14. The summed E-state index contributed by atoms with van der Waals surface area (Å²) in [6.07, 6.45) is 2.33. The Hall–Kier alpha value is -1.46. The maximum Gasteiger partial charge on any atom is 0.250 e. The van der Waals surface area contributed by atoms with E-state index < -0.39 is 35.1 Å². The van der Waals surface area contributed by atoms with Crippen LogP contribution in [0.3, 0.4) is 0 Å². The van der Waals surface area contributed by atoms with Crippen LogP contribution >= 0.6 is 0 Å². The highest BCUT2D eigenvalue weighted by atomic mass is 32.2. The van der Waals surface area contributed by atoms with Gasteiger partial charge in [-0.2, -0.15) is 0 Å². The zero-order valence-electron chi connectivity index (χ0n) is 23.4. The average Bonchev–Trinajstić information content (AvgIpc) is 3.20. The lowest BCUT2D eigenvalue weighted by Gasteiger charge is -2.44. The molecule has 0 atom stereocenters. The van der Waals surface area contributed by atoms with Crippen LogP contribution in [0.2, 0.25) is 0 Å². The number of ether oxygens (including phenoxy) is 1. The van der Waals surface area contributed by atoms with Gasteiger partial charge in [-0.25, -0.2) is 16.8 Å².